The fourth-order valence-corrected chi connectivity index (χ4v) is 1.73. The Bertz CT molecular complexity index is 403. The first kappa shape index (κ1) is 6.36. The zero-order valence-electron chi connectivity index (χ0n) is 5.50. The Hall–Kier alpha value is -1.36. The molecule has 0 saturated carbocycles. The number of carbonyl (C=O) groups excluding carboxylic acids is 1. The van der Waals surface area contributed by atoms with Gasteiger partial charge < -0.3 is 10.7 Å². The normalized spacial score (nSPS) is 10.5. The summed E-state index contributed by atoms with van der Waals surface area (Å²) in [5.41, 5.74) is 6.63. The van der Waals surface area contributed by atoms with Gasteiger partial charge in [0, 0.05) is 5.38 Å². The number of hydrogen-bond donors (Lipinski definition) is 2. The van der Waals surface area contributed by atoms with E-state index in [1.807, 2.05) is 5.38 Å². The number of carbonyl (C=O) groups is 1. The Morgan fingerprint density at radius 2 is 2.55 bits per heavy atom. The fraction of sp³-hybridized carbons (Fsp3) is 0. The molecule has 2 aromatic heterocycles. The molecule has 5 heteroatoms. The number of amides is 1. The zero-order chi connectivity index (χ0) is 7.84. The molecule has 56 valence electrons. The molecule has 2 rings (SSSR count). The Balaban J connectivity index is 2.78. The van der Waals surface area contributed by atoms with Crippen LogP contribution in [-0.4, -0.2) is 15.9 Å². The van der Waals surface area contributed by atoms with Gasteiger partial charge in [-0.15, -0.1) is 11.3 Å². The average molecular weight is 167 g/mol. The molecule has 0 spiro atoms. The summed E-state index contributed by atoms with van der Waals surface area (Å²) in [5, 5.41) is 1.82. The highest BCUT2D eigenvalue weighted by atomic mass is 32.1. The number of fused-ring (bicyclic) bond motifs is 1. The average Bonchev–Trinajstić information content (AvgIpc) is 2.41. The van der Waals surface area contributed by atoms with E-state index in [2.05, 4.69) is 9.97 Å². The second-order valence-corrected chi connectivity index (χ2v) is 2.97. The van der Waals surface area contributed by atoms with E-state index < -0.39 is 5.91 Å². The van der Waals surface area contributed by atoms with E-state index >= 15 is 0 Å². The predicted molar refractivity (Wildman–Crippen MR) is 42.5 cm³/mol. The first-order chi connectivity index (χ1) is 5.29. The Labute approximate surface area is 66.0 Å². The van der Waals surface area contributed by atoms with Gasteiger partial charge in [0.05, 0.1) is 11.8 Å². The van der Waals surface area contributed by atoms with Crippen molar-refractivity contribution in [2.75, 3.05) is 0 Å². The van der Waals surface area contributed by atoms with Crippen LogP contribution < -0.4 is 5.73 Å². The van der Waals surface area contributed by atoms with Crippen LogP contribution in [0, 0.1) is 0 Å². The van der Waals surface area contributed by atoms with E-state index in [0.717, 1.165) is 5.52 Å². The number of nitrogens with zero attached hydrogens (tertiary/aromatic N) is 1. The number of H-pyrrole nitrogens is 1. The maximum Gasteiger partial charge on any atom is 0.261 e. The maximum atomic E-state index is 10.8. The van der Waals surface area contributed by atoms with Crippen LogP contribution >= 0.6 is 11.3 Å². The van der Waals surface area contributed by atoms with E-state index in [0.29, 0.717) is 10.4 Å². The number of nitrogens with one attached hydrogen (secondary N) is 1. The third kappa shape index (κ3) is 0.813. The van der Waals surface area contributed by atoms with E-state index in [9.17, 15) is 4.79 Å². The van der Waals surface area contributed by atoms with Crippen LogP contribution in [0.2, 0.25) is 0 Å². The van der Waals surface area contributed by atoms with Crippen molar-refractivity contribution in [1.82, 2.24) is 9.97 Å². The number of primary amides is 1. The lowest BCUT2D eigenvalue weighted by molar-refractivity contribution is 0.101. The molecule has 0 aliphatic rings. The highest BCUT2D eigenvalue weighted by molar-refractivity contribution is 7.13. The van der Waals surface area contributed by atoms with E-state index in [4.69, 9.17) is 5.73 Å². The molecule has 0 saturated heterocycles. The molecular weight excluding hydrogens is 162 g/mol. The second kappa shape index (κ2) is 2.06. The summed E-state index contributed by atoms with van der Waals surface area (Å²) < 4.78 is 0. The van der Waals surface area contributed by atoms with Crippen molar-refractivity contribution in [1.29, 1.82) is 0 Å². The fourth-order valence-electron chi connectivity index (χ4n) is 0.923. The summed E-state index contributed by atoms with van der Waals surface area (Å²) in [6.07, 6.45) is 1.55. The lowest BCUT2D eigenvalue weighted by Crippen LogP contribution is -2.08. The molecule has 0 aliphatic heterocycles. The second-order valence-electron chi connectivity index (χ2n) is 2.09. The topological polar surface area (TPSA) is 71.8 Å². The highest BCUT2D eigenvalue weighted by Crippen LogP contribution is 2.21. The van der Waals surface area contributed by atoms with Gasteiger partial charge in [0.1, 0.15) is 10.4 Å². The van der Waals surface area contributed by atoms with Crippen molar-refractivity contribution in [3.8, 4) is 0 Å². The summed E-state index contributed by atoms with van der Waals surface area (Å²) >= 11 is 1.31. The first-order valence-corrected chi connectivity index (χ1v) is 3.87. The van der Waals surface area contributed by atoms with Crippen LogP contribution in [0.15, 0.2) is 11.7 Å². The largest absolute Gasteiger partial charge is 0.365 e. The van der Waals surface area contributed by atoms with Crippen molar-refractivity contribution in [3.63, 3.8) is 0 Å². The molecule has 0 aromatic carbocycles. The number of hydrogen-bond acceptors (Lipinski definition) is 3. The molecule has 0 fully saturated rings. The summed E-state index contributed by atoms with van der Waals surface area (Å²) in [6.45, 7) is 0. The monoisotopic (exact) mass is 167 g/mol. The minimum Gasteiger partial charge on any atom is -0.365 e. The smallest absolute Gasteiger partial charge is 0.261 e. The number of imidazole rings is 1. The first-order valence-electron chi connectivity index (χ1n) is 2.99. The van der Waals surface area contributed by atoms with Gasteiger partial charge in [0.2, 0.25) is 0 Å². The van der Waals surface area contributed by atoms with Gasteiger partial charge in [-0.2, -0.15) is 0 Å². The molecule has 0 radical (unpaired) electrons. The summed E-state index contributed by atoms with van der Waals surface area (Å²) in [6, 6.07) is 0. The van der Waals surface area contributed by atoms with Crippen LogP contribution in [-0.2, 0) is 0 Å². The standard InChI is InChI=1S/C6H5N3OS/c7-6(10)5-4-3(1-11-5)8-2-9-4/h1-2H,(H2,7,10)(H,8,9). The Kier molecular flexibility index (Phi) is 1.19. The van der Waals surface area contributed by atoms with Gasteiger partial charge >= 0.3 is 0 Å². The molecule has 0 unspecified atom stereocenters. The van der Waals surface area contributed by atoms with Gasteiger partial charge in [0.25, 0.3) is 5.91 Å². The molecule has 4 nitrogen and oxygen atoms in total. The molecule has 2 heterocycles. The van der Waals surface area contributed by atoms with Crippen LogP contribution in [0.1, 0.15) is 9.67 Å². The zero-order valence-corrected chi connectivity index (χ0v) is 6.31. The Morgan fingerprint density at radius 1 is 1.73 bits per heavy atom. The van der Waals surface area contributed by atoms with E-state index in [1.54, 1.807) is 6.33 Å². The van der Waals surface area contributed by atoms with Crippen LogP contribution in [0.3, 0.4) is 0 Å². The van der Waals surface area contributed by atoms with Crippen molar-refractivity contribution < 1.29 is 4.79 Å². The molecule has 11 heavy (non-hydrogen) atoms. The van der Waals surface area contributed by atoms with E-state index in [-0.39, 0.29) is 0 Å². The third-order valence-electron chi connectivity index (χ3n) is 1.40. The molecule has 2 aromatic rings. The number of aromatic amines is 1. The third-order valence-corrected chi connectivity index (χ3v) is 2.39. The molecule has 3 N–H and O–H groups in total. The SMILES string of the molecule is NC(=O)c1scc2[nH]cnc12. The summed E-state index contributed by atoms with van der Waals surface area (Å²) in [5.74, 6) is -0.419. The van der Waals surface area contributed by atoms with Gasteiger partial charge in [0.15, 0.2) is 0 Å². The molecule has 0 aliphatic carbocycles. The van der Waals surface area contributed by atoms with Crippen molar-refractivity contribution in [3.05, 3.63) is 16.6 Å². The number of nitrogens with two attached hydrogens (primary N) is 1. The number of rotatable bonds is 1. The predicted octanol–water partition coefficient (Wildman–Crippen LogP) is 0.723. The van der Waals surface area contributed by atoms with E-state index in [1.165, 1.54) is 11.3 Å². The maximum absolute atomic E-state index is 10.8. The minimum absolute atomic E-state index is 0.419. The molecule has 0 bridgehead atoms. The van der Waals surface area contributed by atoms with Crippen LogP contribution in [0.25, 0.3) is 11.0 Å². The van der Waals surface area contributed by atoms with Crippen LogP contribution in [0.5, 0.6) is 0 Å². The number of thiophene rings is 1. The summed E-state index contributed by atoms with van der Waals surface area (Å²) in [7, 11) is 0. The lowest BCUT2D eigenvalue weighted by Gasteiger charge is -1.83. The minimum atomic E-state index is -0.419. The van der Waals surface area contributed by atoms with Crippen molar-refractivity contribution in [2.45, 2.75) is 0 Å². The van der Waals surface area contributed by atoms with Gasteiger partial charge in [-0.25, -0.2) is 4.98 Å². The summed E-state index contributed by atoms with van der Waals surface area (Å²) in [4.78, 5) is 18.1. The molecule has 0 atom stereocenters. The van der Waals surface area contributed by atoms with Gasteiger partial charge in [-0.3, -0.25) is 4.79 Å². The number of aromatic nitrogens is 2. The van der Waals surface area contributed by atoms with Crippen molar-refractivity contribution >= 4 is 28.3 Å². The van der Waals surface area contributed by atoms with Gasteiger partial charge in [-0.05, 0) is 0 Å². The Morgan fingerprint density at radius 3 is 3.27 bits per heavy atom. The lowest BCUT2D eigenvalue weighted by atomic mass is 10.4. The van der Waals surface area contributed by atoms with Gasteiger partial charge in [-0.1, -0.05) is 0 Å². The quantitative estimate of drug-likeness (QED) is 0.657. The highest BCUT2D eigenvalue weighted by Gasteiger charge is 2.10. The van der Waals surface area contributed by atoms with Crippen LogP contribution in [0.4, 0.5) is 0 Å². The van der Waals surface area contributed by atoms with Crippen molar-refractivity contribution in [2.24, 2.45) is 5.73 Å². The molecule has 1 amide bonds. The molecular formula is C6H5N3OS.